The Morgan fingerprint density at radius 2 is 1.48 bits per heavy atom. The molecule has 0 atom stereocenters. The number of aliphatic imine (C=N–C) groups is 2. The average molecular weight is 318 g/mol. The molecule has 2 aliphatic rings. The molecule has 0 unspecified atom stereocenters. The summed E-state index contributed by atoms with van der Waals surface area (Å²) in [5.74, 6) is -11.6. The van der Waals surface area contributed by atoms with E-state index in [-0.39, 0.29) is 6.54 Å². The second-order valence-electron chi connectivity index (χ2n) is 5.40. The standard InChI is InChI=1S/C12H13F7N2/c13-10(14,11(15,16)12(17,18)19)8-6-20-7-9(21-8)4-2-1-3-5-9/h6H,1-5,7H2. The maximum Gasteiger partial charge on any atom is 0.460 e. The van der Waals surface area contributed by atoms with E-state index in [0.717, 1.165) is 6.42 Å². The van der Waals surface area contributed by atoms with Gasteiger partial charge in [-0.15, -0.1) is 0 Å². The molecule has 0 amide bonds. The molecule has 0 aromatic rings. The summed E-state index contributed by atoms with van der Waals surface area (Å²) in [4.78, 5) is 7.12. The predicted octanol–water partition coefficient (Wildman–Crippen LogP) is 4.05. The second-order valence-corrected chi connectivity index (χ2v) is 5.40. The first-order chi connectivity index (χ1) is 9.52. The Labute approximate surface area is 116 Å². The van der Waals surface area contributed by atoms with Crippen molar-refractivity contribution in [1.29, 1.82) is 0 Å². The highest BCUT2D eigenvalue weighted by molar-refractivity contribution is 6.34. The average Bonchev–Trinajstić information content (AvgIpc) is 2.38. The van der Waals surface area contributed by atoms with E-state index in [1.54, 1.807) is 0 Å². The molecule has 1 spiro atoms. The van der Waals surface area contributed by atoms with Gasteiger partial charge in [-0.05, 0) is 12.8 Å². The Bertz CT molecular complexity index is 459. The van der Waals surface area contributed by atoms with Crippen molar-refractivity contribution in [2.45, 2.75) is 55.7 Å². The zero-order valence-electron chi connectivity index (χ0n) is 10.9. The Morgan fingerprint density at radius 1 is 0.905 bits per heavy atom. The molecule has 0 aromatic heterocycles. The molecule has 1 aliphatic heterocycles. The maximum absolute atomic E-state index is 13.6. The molecule has 1 heterocycles. The van der Waals surface area contributed by atoms with Crippen LogP contribution in [0.2, 0.25) is 0 Å². The van der Waals surface area contributed by atoms with E-state index in [9.17, 15) is 30.7 Å². The van der Waals surface area contributed by atoms with Gasteiger partial charge >= 0.3 is 18.0 Å². The lowest BCUT2D eigenvalue weighted by molar-refractivity contribution is -0.336. The highest BCUT2D eigenvalue weighted by Crippen LogP contribution is 2.48. The minimum Gasteiger partial charge on any atom is -0.289 e. The van der Waals surface area contributed by atoms with Crippen LogP contribution in [0, 0.1) is 0 Å². The van der Waals surface area contributed by atoms with Crippen molar-refractivity contribution in [2.24, 2.45) is 9.98 Å². The van der Waals surface area contributed by atoms with Gasteiger partial charge in [0, 0.05) is 6.21 Å². The van der Waals surface area contributed by atoms with Crippen LogP contribution < -0.4 is 0 Å². The van der Waals surface area contributed by atoms with E-state index in [0.29, 0.717) is 31.9 Å². The van der Waals surface area contributed by atoms with Crippen molar-refractivity contribution in [3.8, 4) is 0 Å². The lowest BCUT2D eigenvalue weighted by Crippen LogP contribution is -2.58. The summed E-state index contributed by atoms with van der Waals surface area (Å²) in [6.45, 7) is 0.0458. The zero-order chi connectivity index (χ0) is 15.9. The molecule has 9 heteroatoms. The Kier molecular flexibility index (Phi) is 3.82. The molecule has 0 bridgehead atoms. The van der Waals surface area contributed by atoms with Crippen LogP contribution in [-0.4, -0.2) is 42.0 Å². The van der Waals surface area contributed by atoms with Gasteiger partial charge in [0.15, 0.2) is 0 Å². The van der Waals surface area contributed by atoms with Gasteiger partial charge in [0.2, 0.25) is 0 Å². The minimum absolute atomic E-state index is 0.0458. The van der Waals surface area contributed by atoms with Crippen molar-refractivity contribution >= 4 is 11.9 Å². The fourth-order valence-electron chi connectivity index (χ4n) is 2.59. The summed E-state index contributed by atoms with van der Waals surface area (Å²) >= 11 is 0. The second kappa shape index (κ2) is 4.95. The van der Waals surface area contributed by atoms with Crippen LogP contribution >= 0.6 is 0 Å². The number of rotatable bonds is 2. The van der Waals surface area contributed by atoms with Crippen molar-refractivity contribution in [1.82, 2.24) is 0 Å². The van der Waals surface area contributed by atoms with Crippen molar-refractivity contribution in [2.75, 3.05) is 6.54 Å². The van der Waals surface area contributed by atoms with Gasteiger partial charge in [-0.25, -0.2) is 0 Å². The molecule has 2 rings (SSSR count). The summed E-state index contributed by atoms with van der Waals surface area (Å²) in [7, 11) is 0. The molecular formula is C12H13F7N2. The van der Waals surface area contributed by atoms with E-state index in [2.05, 4.69) is 9.98 Å². The number of nitrogens with zero attached hydrogens (tertiary/aromatic N) is 2. The SMILES string of the molecule is FC(F)(F)C(F)(F)C(F)(F)C1=NC2(CCCCC2)CN=C1. The fraction of sp³-hybridized carbons (Fsp3) is 0.833. The number of hydrogen-bond donors (Lipinski definition) is 0. The van der Waals surface area contributed by atoms with Gasteiger partial charge in [0.05, 0.1) is 12.1 Å². The van der Waals surface area contributed by atoms with Gasteiger partial charge in [-0.2, -0.15) is 30.7 Å². The van der Waals surface area contributed by atoms with Crippen molar-refractivity contribution < 1.29 is 30.7 Å². The van der Waals surface area contributed by atoms with Gasteiger partial charge in [-0.3, -0.25) is 9.98 Å². The van der Waals surface area contributed by atoms with Gasteiger partial charge in [0.25, 0.3) is 0 Å². The molecule has 2 nitrogen and oxygen atoms in total. The normalized spacial score (nSPS) is 23.3. The van der Waals surface area contributed by atoms with E-state index < -0.39 is 29.3 Å². The van der Waals surface area contributed by atoms with Crippen LogP contribution in [0.1, 0.15) is 32.1 Å². The summed E-state index contributed by atoms with van der Waals surface area (Å²) in [5.41, 5.74) is -2.65. The lowest BCUT2D eigenvalue weighted by atomic mass is 9.81. The Balaban J connectivity index is 2.37. The van der Waals surface area contributed by atoms with Crippen LogP contribution in [0.5, 0.6) is 0 Å². The quantitative estimate of drug-likeness (QED) is 0.686. The summed E-state index contributed by atoms with van der Waals surface area (Å²) in [6, 6.07) is 0. The smallest absolute Gasteiger partial charge is 0.289 e. The maximum atomic E-state index is 13.6. The molecule has 0 N–H and O–H groups in total. The first kappa shape index (κ1) is 16.2. The summed E-state index contributed by atoms with van der Waals surface area (Å²) in [5, 5.41) is 0. The highest BCUT2D eigenvalue weighted by atomic mass is 19.4. The van der Waals surface area contributed by atoms with E-state index in [4.69, 9.17) is 0 Å². The van der Waals surface area contributed by atoms with Crippen molar-refractivity contribution in [3.63, 3.8) is 0 Å². The molecular weight excluding hydrogens is 305 g/mol. The predicted molar refractivity (Wildman–Crippen MR) is 62.6 cm³/mol. The van der Waals surface area contributed by atoms with Gasteiger partial charge < -0.3 is 0 Å². The van der Waals surface area contributed by atoms with E-state index >= 15 is 0 Å². The fourth-order valence-corrected chi connectivity index (χ4v) is 2.59. The lowest BCUT2D eigenvalue weighted by Gasteiger charge is -2.37. The van der Waals surface area contributed by atoms with Crippen LogP contribution in [0.25, 0.3) is 0 Å². The van der Waals surface area contributed by atoms with Crippen LogP contribution in [0.3, 0.4) is 0 Å². The molecule has 0 radical (unpaired) electrons. The molecule has 21 heavy (non-hydrogen) atoms. The Morgan fingerprint density at radius 3 is 2.00 bits per heavy atom. The van der Waals surface area contributed by atoms with Gasteiger partial charge in [-0.1, -0.05) is 19.3 Å². The van der Waals surface area contributed by atoms with Crippen LogP contribution in [-0.2, 0) is 0 Å². The number of alkyl halides is 7. The number of halogens is 7. The molecule has 0 saturated heterocycles. The molecule has 1 fully saturated rings. The topological polar surface area (TPSA) is 24.7 Å². The zero-order valence-corrected chi connectivity index (χ0v) is 10.9. The molecule has 1 saturated carbocycles. The minimum atomic E-state index is -6.36. The van der Waals surface area contributed by atoms with E-state index in [1.807, 2.05) is 0 Å². The summed E-state index contributed by atoms with van der Waals surface area (Å²) < 4.78 is 89.9. The van der Waals surface area contributed by atoms with Gasteiger partial charge in [0.1, 0.15) is 5.71 Å². The van der Waals surface area contributed by atoms with E-state index in [1.165, 1.54) is 0 Å². The van der Waals surface area contributed by atoms with Crippen molar-refractivity contribution in [3.05, 3.63) is 0 Å². The monoisotopic (exact) mass is 318 g/mol. The third-order valence-corrected chi connectivity index (χ3v) is 3.81. The molecule has 1 aliphatic carbocycles. The highest BCUT2D eigenvalue weighted by Gasteiger charge is 2.75. The first-order valence-corrected chi connectivity index (χ1v) is 6.44. The number of hydrogen-bond acceptors (Lipinski definition) is 2. The molecule has 120 valence electrons. The third kappa shape index (κ3) is 2.66. The Hall–Kier alpha value is -1.15. The largest absolute Gasteiger partial charge is 0.460 e. The van der Waals surface area contributed by atoms with Crippen LogP contribution in [0.4, 0.5) is 30.7 Å². The van der Waals surface area contributed by atoms with Crippen LogP contribution in [0.15, 0.2) is 9.98 Å². The first-order valence-electron chi connectivity index (χ1n) is 6.44. The molecule has 0 aromatic carbocycles. The summed E-state index contributed by atoms with van der Waals surface area (Å²) in [6.07, 6.45) is -3.13. The third-order valence-electron chi connectivity index (χ3n) is 3.81.